The molecule has 2 N–H and O–H groups in total. The normalized spacial score (nSPS) is 18.7. The summed E-state index contributed by atoms with van der Waals surface area (Å²) in [5.41, 5.74) is 6.51. The lowest BCUT2D eigenvalue weighted by atomic mass is 10.1. The number of fused-ring (bicyclic) bond motifs is 1. The van der Waals surface area contributed by atoms with Crippen LogP contribution < -0.4 is 5.73 Å². The van der Waals surface area contributed by atoms with Gasteiger partial charge in [-0.1, -0.05) is 23.4 Å². The third-order valence-electron chi connectivity index (χ3n) is 4.25. The lowest BCUT2D eigenvalue weighted by Crippen LogP contribution is -2.23. The predicted molar refractivity (Wildman–Crippen MR) is 87.0 cm³/mol. The molecule has 2 aromatic heterocycles. The highest BCUT2D eigenvalue weighted by Gasteiger charge is 2.31. The van der Waals surface area contributed by atoms with Crippen molar-refractivity contribution in [2.45, 2.75) is 25.4 Å². The van der Waals surface area contributed by atoms with E-state index in [1.165, 1.54) is 15.6 Å². The van der Waals surface area contributed by atoms with Gasteiger partial charge in [-0.05, 0) is 41.8 Å². The highest BCUT2D eigenvalue weighted by atomic mass is 32.1. The van der Waals surface area contributed by atoms with Crippen LogP contribution in [0.4, 0.5) is 0 Å². The van der Waals surface area contributed by atoms with Crippen LogP contribution in [-0.2, 0) is 6.54 Å². The molecule has 4 rings (SSSR count). The average Bonchev–Trinajstić information content (AvgIpc) is 3.26. The SMILES string of the molecule is NC(=O)c1noc([C@H]2CCCN2Cc2csc3ccccc23)n1. The molecule has 118 valence electrons. The summed E-state index contributed by atoms with van der Waals surface area (Å²) >= 11 is 1.76. The van der Waals surface area contributed by atoms with Gasteiger partial charge in [-0.25, -0.2) is 0 Å². The van der Waals surface area contributed by atoms with E-state index in [1.54, 1.807) is 11.3 Å². The quantitative estimate of drug-likeness (QED) is 0.796. The van der Waals surface area contributed by atoms with Crippen LogP contribution in [0.15, 0.2) is 34.2 Å². The fourth-order valence-electron chi connectivity index (χ4n) is 3.14. The summed E-state index contributed by atoms with van der Waals surface area (Å²) in [6.45, 7) is 1.81. The van der Waals surface area contributed by atoms with Gasteiger partial charge in [0.15, 0.2) is 0 Å². The Balaban J connectivity index is 1.59. The Bertz CT molecular complexity index is 857. The van der Waals surface area contributed by atoms with Crippen molar-refractivity contribution in [2.24, 2.45) is 5.73 Å². The number of nitrogens with zero attached hydrogens (tertiary/aromatic N) is 3. The maximum atomic E-state index is 11.1. The molecule has 1 saturated heterocycles. The number of thiophene rings is 1. The van der Waals surface area contributed by atoms with Crippen molar-refractivity contribution in [3.8, 4) is 0 Å². The second-order valence-electron chi connectivity index (χ2n) is 5.71. The largest absolute Gasteiger partial charge is 0.363 e. The molecular weight excluding hydrogens is 312 g/mol. The summed E-state index contributed by atoms with van der Waals surface area (Å²) in [7, 11) is 0. The van der Waals surface area contributed by atoms with Crippen molar-refractivity contribution >= 4 is 27.3 Å². The van der Waals surface area contributed by atoms with Crippen LogP contribution in [0.2, 0.25) is 0 Å². The Labute approximate surface area is 136 Å². The van der Waals surface area contributed by atoms with Crippen LogP contribution >= 0.6 is 11.3 Å². The Morgan fingerprint density at radius 1 is 1.43 bits per heavy atom. The molecule has 0 saturated carbocycles. The van der Waals surface area contributed by atoms with Gasteiger partial charge >= 0.3 is 0 Å². The number of hydrogen-bond acceptors (Lipinski definition) is 6. The minimum atomic E-state index is -0.659. The molecule has 0 spiro atoms. The van der Waals surface area contributed by atoms with E-state index < -0.39 is 5.91 Å². The minimum Gasteiger partial charge on any atom is -0.363 e. The summed E-state index contributed by atoms with van der Waals surface area (Å²) in [4.78, 5) is 17.6. The van der Waals surface area contributed by atoms with E-state index in [0.29, 0.717) is 5.89 Å². The van der Waals surface area contributed by atoms with E-state index in [0.717, 1.165) is 25.9 Å². The molecule has 1 fully saturated rings. The van der Waals surface area contributed by atoms with Crippen molar-refractivity contribution in [1.82, 2.24) is 15.0 Å². The summed E-state index contributed by atoms with van der Waals surface area (Å²) in [5.74, 6) is -0.225. The molecule has 3 aromatic rings. The first kappa shape index (κ1) is 14.3. The highest BCUT2D eigenvalue weighted by Crippen LogP contribution is 2.34. The average molecular weight is 328 g/mol. The number of rotatable bonds is 4. The number of nitrogens with two attached hydrogens (primary N) is 1. The summed E-state index contributed by atoms with van der Waals surface area (Å²) in [5, 5.41) is 7.17. The van der Waals surface area contributed by atoms with Crippen LogP contribution in [0.25, 0.3) is 10.1 Å². The maximum Gasteiger partial charge on any atom is 0.290 e. The Morgan fingerprint density at radius 2 is 2.30 bits per heavy atom. The van der Waals surface area contributed by atoms with Crippen LogP contribution in [-0.4, -0.2) is 27.5 Å². The Morgan fingerprint density at radius 3 is 3.13 bits per heavy atom. The predicted octanol–water partition coefficient (Wildman–Crippen LogP) is 2.72. The van der Waals surface area contributed by atoms with E-state index in [2.05, 4.69) is 44.7 Å². The van der Waals surface area contributed by atoms with Crippen LogP contribution in [0.3, 0.4) is 0 Å². The Hall–Kier alpha value is -2.25. The second kappa shape index (κ2) is 5.75. The molecule has 1 aromatic carbocycles. The lowest BCUT2D eigenvalue weighted by Gasteiger charge is -2.21. The topological polar surface area (TPSA) is 85.2 Å². The number of hydrogen-bond donors (Lipinski definition) is 1. The molecule has 1 aliphatic heterocycles. The van der Waals surface area contributed by atoms with Crippen molar-refractivity contribution in [1.29, 1.82) is 0 Å². The van der Waals surface area contributed by atoms with Gasteiger partial charge in [0.1, 0.15) is 0 Å². The van der Waals surface area contributed by atoms with Crippen LogP contribution in [0, 0.1) is 0 Å². The van der Waals surface area contributed by atoms with Gasteiger partial charge in [-0.15, -0.1) is 11.3 Å². The fraction of sp³-hybridized carbons (Fsp3) is 0.312. The summed E-state index contributed by atoms with van der Waals surface area (Å²) in [6, 6.07) is 8.48. The molecule has 23 heavy (non-hydrogen) atoms. The number of carbonyl (C=O) groups is 1. The van der Waals surface area contributed by atoms with Crippen molar-refractivity contribution < 1.29 is 9.32 Å². The third-order valence-corrected chi connectivity index (χ3v) is 5.26. The molecule has 1 atom stereocenters. The highest BCUT2D eigenvalue weighted by molar-refractivity contribution is 7.17. The lowest BCUT2D eigenvalue weighted by molar-refractivity contribution is 0.0987. The zero-order valence-electron chi connectivity index (χ0n) is 12.4. The third kappa shape index (κ3) is 2.62. The molecule has 0 aliphatic carbocycles. The first-order chi connectivity index (χ1) is 11.2. The molecular formula is C16H16N4O2S. The number of aromatic nitrogens is 2. The first-order valence-electron chi connectivity index (χ1n) is 7.55. The standard InChI is InChI=1S/C16H16N4O2S/c17-14(21)15-18-16(22-19-15)12-5-3-7-20(12)8-10-9-23-13-6-2-1-4-11(10)13/h1-2,4,6,9,12H,3,5,7-8H2,(H2,17,21)/t12-/m1/s1. The van der Waals surface area contributed by atoms with Gasteiger partial charge in [-0.2, -0.15) is 4.98 Å². The number of likely N-dealkylation sites (tertiary alicyclic amines) is 1. The molecule has 3 heterocycles. The molecule has 6 nitrogen and oxygen atoms in total. The Kier molecular flexibility index (Phi) is 3.59. The molecule has 1 aliphatic rings. The summed E-state index contributed by atoms with van der Waals surface area (Å²) < 4.78 is 6.54. The molecule has 0 bridgehead atoms. The number of benzene rings is 1. The molecule has 7 heteroatoms. The van der Waals surface area contributed by atoms with Gasteiger partial charge in [0, 0.05) is 11.2 Å². The van der Waals surface area contributed by atoms with Gasteiger partial charge in [0.25, 0.3) is 11.7 Å². The van der Waals surface area contributed by atoms with E-state index in [-0.39, 0.29) is 11.9 Å². The molecule has 0 radical (unpaired) electrons. The van der Waals surface area contributed by atoms with Crippen molar-refractivity contribution in [3.63, 3.8) is 0 Å². The monoisotopic (exact) mass is 328 g/mol. The van der Waals surface area contributed by atoms with Gasteiger partial charge in [0.2, 0.25) is 5.89 Å². The second-order valence-corrected chi connectivity index (χ2v) is 6.62. The molecule has 0 unspecified atom stereocenters. The van der Waals surface area contributed by atoms with Crippen LogP contribution in [0.5, 0.6) is 0 Å². The van der Waals surface area contributed by atoms with Gasteiger partial charge in [-0.3, -0.25) is 9.69 Å². The zero-order chi connectivity index (χ0) is 15.8. The van der Waals surface area contributed by atoms with E-state index in [1.807, 2.05) is 0 Å². The molecule has 1 amide bonds. The fourth-order valence-corrected chi connectivity index (χ4v) is 4.09. The minimum absolute atomic E-state index is 0.0483. The zero-order valence-corrected chi connectivity index (χ0v) is 13.3. The van der Waals surface area contributed by atoms with Gasteiger partial charge < -0.3 is 10.3 Å². The van der Waals surface area contributed by atoms with E-state index in [9.17, 15) is 4.79 Å². The summed E-state index contributed by atoms with van der Waals surface area (Å²) in [6.07, 6.45) is 2.02. The van der Waals surface area contributed by atoms with Crippen molar-refractivity contribution in [3.05, 3.63) is 46.9 Å². The van der Waals surface area contributed by atoms with E-state index >= 15 is 0 Å². The van der Waals surface area contributed by atoms with Crippen molar-refractivity contribution in [2.75, 3.05) is 6.54 Å². The number of carbonyl (C=O) groups excluding carboxylic acids is 1. The maximum absolute atomic E-state index is 11.1. The number of amides is 1. The van der Waals surface area contributed by atoms with E-state index in [4.69, 9.17) is 10.3 Å². The van der Waals surface area contributed by atoms with Crippen LogP contribution in [0.1, 0.15) is 41.0 Å². The smallest absolute Gasteiger partial charge is 0.290 e. The first-order valence-corrected chi connectivity index (χ1v) is 8.43. The number of primary amides is 1. The van der Waals surface area contributed by atoms with Gasteiger partial charge in [0.05, 0.1) is 6.04 Å².